The molecule has 1 aromatic carbocycles. The molecule has 0 amide bonds. The van der Waals surface area contributed by atoms with Crippen LogP contribution in [-0.4, -0.2) is 28.0 Å². The van der Waals surface area contributed by atoms with Crippen LogP contribution in [0.4, 0.5) is 4.39 Å². The SMILES string of the molecule is CCO[C@@]1(C)C[C@H]1NCc1c(C)nn(-c2ccc(F)cc2)c1C. The first kappa shape index (κ1) is 16.1. The highest BCUT2D eigenvalue weighted by Gasteiger charge is 2.50. The molecule has 4 nitrogen and oxygen atoms in total. The lowest BCUT2D eigenvalue weighted by atomic mass is 10.2. The van der Waals surface area contributed by atoms with Crippen molar-refractivity contribution in [3.05, 3.63) is 47.0 Å². The van der Waals surface area contributed by atoms with E-state index in [1.54, 1.807) is 12.1 Å². The molecule has 0 bridgehead atoms. The van der Waals surface area contributed by atoms with Crippen molar-refractivity contribution in [1.29, 1.82) is 0 Å². The molecule has 1 heterocycles. The van der Waals surface area contributed by atoms with E-state index < -0.39 is 0 Å². The third-order valence-electron chi connectivity index (χ3n) is 4.70. The summed E-state index contributed by atoms with van der Waals surface area (Å²) in [5.41, 5.74) is 4.13. The van der Waals surface area contributed by atoms with Gasteiger partial charge in [0.05, 0.1) is 17.0 Å². The van der Waals surface area contributed by atoms with E-state index in [0.29, 0.717) is 6.04 Å². The molecule has 1 aliphatic carbocycles. The van der Waals surface area contributed by atoms with Crippen LogP contribution >= 0.6 is 0 Å². The van der Waals surface area contributed by atoms with Gasteiger partial charge in [0.2, 0.25) is 0 Å². The highest BCUT2D eigenvalue weighted by atomic mass is 19.1. The van der Waals surface area contributed by atoms with Gasteiger partial charge in [0.1, 0.15) is 5.82 Å². The Morgan fingerprint density at radius 2 is 2.04 bits per heavy atom. The van der Waals surface area contributed by atoms with E-state index in [2.05, 4.69) is 24.3 Å². The van der Waals surface area contributed by atoms with Gasteiger partial charge in [-0.2, -0.15) is 5.10 Å². The van der Waals surface area contributed by atoms with Crippen LogP contribution in [0.1, 0.15) is 37.2 Å². The second kappa shape index (κ2) is 6.06. The number of nitrogens with zero attached hydrogens (tertiary/aromatic N) is 2. The molecule has 1 N–H and O–H groups in total. The maximum Gasteiger partial charge on any atom is 0.123 e. The average molecular weight is 317 g/mol. The second-order valence-electron chi connectivity index (χ2n) is 6.42. The molecule has 1 saturated carbocycles. The fourth-order valence-corrected chi connectivity index (χ4v) is 3.11. The number of nitrogens with one attached hydrogen (secondary N) is 1. The Labute approximate surface area is 136 Å². The Hall–Kier alpha value is -1.72. The highest BCUT2D eigenvalue weighted by Crippen LogP contribution is 2.39. The van der Waals surface area contributed by atoms with Crippen LogP contribution in [0, 0.1) is 19.7 Å². The van der Waals surface area contributed by atoms with Gasteiger partial charge in [-0.3, -0.25) is 0 Å². The molecule has 124 valence electrons. The van der Waals surface area contributed by atoms with Crippen LogP contribution < -0.4 is 5.32 Å². The largest absolute Gasteiger partial charge is 0.374 e. The molecular weight excluding hydrogens is 293 g/mol. The molecule has 2 atom stereocenters. The Morgan fingerprint density at radius 1 is 1.35 bits per heavy atom. The molecule has 3 rings (SSSR count). The number of rotatable bonds is 6. The maximum atomic E-state index is 13.1. The van der Waals surface area contributed by atoms with Crippen LogP contribution in [0.3, 0.4) is 0 Å². The Morgan fingerprint density at radius 3 is 2.70 bits per heavy atom. The van der Waals surface area contributed by atoms with Crippen molar-refractivity contribution >= 4 is 0 Å². The zero-order valence-corrected chi connectivity index (χ0v) is 14.2. The zero-order chi connectivity index (χ0) is 16.6. The average Bonchev–Trinajstić information content (AvgIpc) is 3.06. The summed E-state index contributed by atoms with van der Waals surface area (Å²) in [6.07, 6.45) is 1.05. The Bertz CT molecular complexity index is 695. The van der Waals surface area contributed by atoms with Gasteiger partial charge in [0.25, 0.3) is 0 Å². The fraction of sp³-hybridized carbons (Fsp3) is 0.500. The molecule has 1 fully saturated rings. The summed E-state index contributed by atoms with van der Waals surface area (Å²) in [6, 6.07) is 6.82. The van der Waals surface area contributed by atoms with Crippen LogP contribution in [0.15, 0.2) is 24.3 Å². The summed E-state index contributed by atoms with van der Waals surface area (Å²) in [5.74, 6) is -0.235. The summed E-state index contributed by atoms with van der Waals surface area (Å²) in [5, 5.41) is 8.17. The molecule has 0 spiro atoms. The second-order valence-corrected chi connectivity index (χ2v) is 6.42. The van der Waals surface area contributed by atoms with Gasteiger partial charge in [0.15, 0.2) is 0 Å². The number of halogens is 1. The van der Waals surface area contributed by atoms with Crippen molar-refractivity contribution in [2.45, 2.75) is 52.3 Å². The number of ether oxygens (including phenoxy) is 1. The molecule has 1 aromatic heterocycles. The molecule has 5 heteroatoms. The lowest BCUT2D eigenvalue weighted by Gasteiger charge is -2.12. The number of hydrogen-bond donors (Lipinski definition) is 1. The number of benzene rings is 1. The molecule has 0 aliphatic heterocycles. The monoisotopic (exact) mass is 317 g/mol. The normalized spacial score (nSPS) is 23.3. The van der Waals surface area contributed by atoms with Gasteiger partial charge >= 0.3 is 0 Å². The third-order valence-corrected chi connectivity index (χ3v) is 4.70. The quantitative estimate of drug-likeness (QED) is 0.888. The first-order chi connectivity index (χ1) is 10.9. The van der Waals surface area contributed by atoms with E-state index >= 15 is 0 Å². The smallest absolute Gasteiger partial charge is 0.123 e. The summed E-state index contributed by atoms with van der Waals surface area (Å²) >= 11 is 0. The molecule has 0 unspecified atom stereocenters. The van der Waals surface area contributed by atoms with Crippen molar-refractivity contribution in [1.82, 2.24) is 15.1 Å². The predicted molar refractivity (Wildman–Crippen MR) is 88.3 cm³/mol. The van der Waals surface area contributed by atoms with E-state index in [-0.39, 0.29) is 11.4 Å². The van der Waals surface area contributed by atoms with E-state index in [1.165, 1.54) is 17.7 Å². The highest BCUT2D eigenvalue weighted by molar-refractivity contribution is 5.37. The summed E-state index contributed by atoms with van der Waals surface area (Å²) in [7, 11) is 0. The maximum absolute atomic E-state index is 13.1. The number of hydrogen-bond acceptors (Lipinski definition) is 3. The molecular formula is C18H24FN3O. The predicted octanol–water partition coefficient (Wildman–Crippen LogP) is 3.29. The molecule has 2 aromatic rings. The van der Waals surface area contributed by atoms with E-state index in [4.69, 9.17) is 4.74 Å². The number of aromatic nitrogens is 2. The minimum atomic E-state index is -0.235. The van der Waals surface area contributed by atoms with Gasteiger partial charge in [-0.1, -0.05) is 0 Å². The lowest BCUT2D eigenvalue weighted by molar-refractivity contribution is 0.0482. The van der Waals surface area contributed by atoms with Gasteiger partial charge in [0, 0.05) is 30.5 Å². The van der Waals surface area contributed by atoms with E-state index in [9.17, 15) is 4.39 Å². The molecule has 23 heavy (non-hydrogen) atoms. The van der Waals surface area contributed by atoms with Crippen LogP contribution in [0.5, 0.6) is 0 Å². The summed E-state index contributed by atoms with van der Waals surface area (Å²) in [4.78, 5) is 0. The topological polar surface area (TPSA) is 39.1 Å². The van der Waals surface area contributed by atoms with Crippen molar-refractivity contribution in [2.24, 2.45) is 0 Å². The molecule has 1 aliphatic rings. The zero-order valence-electron chi connectivity index (χ0n) is 14.2. The van der Waals surface area contributed by atoms with Gasteiger partial charge < -0.3 is 10.1 Å². The van der Waals surface area contributed by atoms with E-state index in [1.807, 2.05) is 18.5 Å². The van der Waals surface area contributed by atoms with Gasteiger partial charge in [-0.05, 0) is 58.4 Å². The molecule has 0 saturated heterocycles. The van der Waals surface area contributed by atoms with Crippen molar-refractivity contribution < 1.29 is 9.13 Å². The molecule has 0 radical (unpaired) electrons. The minimum absolute atomic E-state index is 0.0243. The fourth-order valence-electron chi connectivity index (χ4n) is 3.11. The first-order valence-corrected chi connectivity index (χ1v) is 8.13. The standard InChI is InChI=1S/C18H24FN3O/c1-5-23-18(4)10-17(18)20-11-16-12(2)21-22(13(16)3)15-8-6-14(19)7-9-15/h6-9,17,20H,5,10-11H2,1-4H3/t17-,18+/m1/s1. The summed E-state index contributed by atoms with van der Waals surface area (Å²) in [6.45, 7) is 9.76. The Balaban J connectivity index is 1.73. The Kier molecular flexibility index (Phi) is 4.25. The minimum Gasteiger partial charge on any atom is -0.374 e. The first-order valence-electron chi connectivity index (χ1n) is 8.13. The lowest BCUT2D eigenvalue weighted by Crippen LogP contribution is -2.26. The van der Waals surface area contributed by atoms with E-state index in [0.717, 1.165) is 36.6 Å². The number of aryl methyl sites for hydroxylation is 1. The van der Waals surface area contributed by atoms with Crippen LogP contribution in [0.2, 0.25) is 0 Å². The van der Waals surface area contributed by atoms with Crippen molar-refractivity contribution in [3.63, 3.8) is 0 Å². The van der Waals surface area contributed by atoms with Gasteiger partial charge in [-0.25, -0.2) is 9.07 Å². The van der Waals surface area contributed by atoms with Crippen LogP contribution in [-0.2, 0) is 11.3 Å². The van der Waals surface area contributed by atoms with Crippen molar-refractivity contribution in [2.75, 3.05) is 6.61 Å². The summed E-state index contributed by atoms with van der Waals surface area (Å²) < 4.78 is 20.7. The van der Waals surface area contributed by atoms with Crippen LogP contribution in [0.25, 0.3) is 5.69 Å². The van der Waals surface area contributed by atoms with Crippen molar-refractivity contribution in [3.8, 4) is 5.69 Å². The third kappa shape index (κ3) is 3.16. The van der Waals surface area contributed by atoms with Gasteiger partial charge in [-0.15, -0.1) is 0 Å².